The summed E-state index contributed by atoms with van der Waals surface area (Å²) < 4.78 is 0. The third-order valence-corrected chi connectivity index (χ3v) is 0. The van der Waals surface area contributed by atoms with Gasteiger partial charge in [0.05, 0.1) is 0 Å². The van der Waals surface area contributed by atoms with E-state index in [0.717, 1.165) is 6.92 Å². The Labute approximate surface area is 101 Å². The average molecular weight is 122 g/mol. The fraction of sp³-hybridized carbons (Fsp3) is 0.500. The first-order valence-electron chi connectivity index (χ1n) is 0.908. The Kier molecular flexibility index (Phi) is 26.6. The third-order valence-electron chi connectivity index (χ3n) is 0. The van der Waals surface area contributed by atoms with Gasteiger partial charge in [-0.15, -0.1) is 0 Å². The summed E-state index contributed by atoms with van der Waals surface area (Å²) >= 11 is 0. The van der Waals surface area contributed by atoms with Crippen LogP contribution < -0.4 is 56.5 Å². The topological polar surface area (TPSA) is 40.1 Å². The van der Waals surface area contributed by atoms with E-state index in [1.54, 1.807) is 0 Å². The average Bonchev–Trinajstić information content (AvgIpc) is 0.811. The summed E-state index contributed by atoms with van der Waals surface area (Å²) in [6, 6.07) is 0. The fourth-order valence-electron chi connectivity index (χ4n) is 0. The van der Waals surface area contributed by atoms with E-state index in [9.17, 15) is 0 Å². The number of carbonyl (C=O) groups excluding carboxylic acids is 1. The molecule has 0 rings (SSSR count). The molecular weight excluding hydrogens is 118 g/mol. The summed E-state index contributed by atoms with van der Waals surface area (Å²) in [5.74, 6) is -1.08. The van der Waals surface area contributed by atoms with Crippen LogP contribution in [0.15, 0.2) is 0 Å². The number of carbonyl (C=O) groups is 1. The summed E-state index contributed by atoms with van der Waals surface area (Å²) in [7, 11) is 0. The van der Waals surface area contributed by atoms with Crippen molar-refractivity contribution in [3.05, 3.63) is 0 Å². The third kappa shape index (κ3) is 35.9. The number of hydrogen-bond donors (Lipinski definition) is 0. The summed E-state index contributed by atoms with van der Waals surface area (Å²) in [6.45, 7) is 0.972. The molecule has 0 radical (unpaired) electrons. The van der Waals surface area contributed by atoms with Crippen molar-refractivity contribution in [2.75, 3.05) is 0 Å². The van der Waals surface area contributed by atoms with Crippen LogP contribution in [0.1, 0.15) is 6.92 Å². The predicted octanol–water partition coefficient (Wildman–Crippen LogP) is -4.89. The van der Waals surface area contributed by atoms with Crippen LogP contribution >= 0.6 is 0 Å². The van der Waals surface area contributed by atoms with E-state index in [-0.39, 0.29) is 80.9 Å². The monoisotopic (exact) mass is 122 g/mol. The molecule has 0 aliphatic heterocycles. The normalized spacial score (nSPS) is 4.17. The van der Waals surface area contributed by atoms with Gasteiger partial charge in [0.2, 0.25) is 0 Å². The number of rotatable bonds is 0. The minimum absolute atomic E-state index is 0. The summed E-state index contributed by atoms with van der Waals surface area (Å²) in [4.78, 5) is 8.89. The summed E-state index contributed by atoms with van der Waals surface area (Å²) in [6.07, 6.45) is 0. The first-order chi connectivity index (χ1) is 1.73. The Hall–Kier alpha value is 2.11. The molecule has 0 aromatic rings. The van der Waals surface area contributed by atoms with Gasteiger partial charge in [0.25, 0.3) is 0 Å². The predicted molar refractivity (Wildman–Crippen MR) is 17.8 cm³/mol. The number of hydrogen-bond acceptors (Lipinski definition) is 2. The maximum absolute atomic E-state index is 8.89. The van der Waals surface area contributed by atoms with E-state index in [1.807, 2.05) is 0 Å². The van der Waals surface area contributed by atoms with E-state index in [0.29, 0.717) is 0 Å². The fourth-order valence-corrected chi connectivity index (χ4v) is 0. The van der Waals surface area contributed by atoms with Crippen LogP contribution in [0.4, 0.5) is 0 Å². The maximum atomic E-state index is 8.89. The van der Waals surface area contributed by atoms with Crippen molar-refractivity contribution in [2.24, 2.45) is 0 Å². The van der Waals surface area contributed by atoms with Crippen molar-refractivity contribution >= 4 is 35.5 Å². The molecule has 0 heterocycles. The molecule has 6 heavy (non-hydrogen) atoms. The molecule has 0 unspecified atom stereocenters. The zero-order valence-electron chi connectivity index (χ0n) is 3.32. The zero-order chi connectivity index (χ0) is 3.58. The Morgan fingerprint density at radius 2 is 1.67 bits per heavy atom. The van der Waals surface area contributed by atoms with Crippen molar-refractivity contribution in [2.45, 2.75) is 6.92 Å². The molecule has 0 aromatic heterocycles. The number of carboxylic acid groups (broad SMARTS) is 1. The molecule has 0 aromatic carbocycles. The van der Waals surface area contributed by atoms with Crippen molar-refractivity contribution < 1.29 is 61.3 Å². The van der Waals surface area contributed by atoms with Crippen LogP contribution in [0.5, 0.6) is 0 Å². The molecule has 0 aliphatic carbocycles. The quantitative estimate of drug-likeness (QED) is 0.302. The molecule has 0 amide bonds. The Balaban J connectivity index is -0.0000000450. The molecule has 0 fully saturated rings. The second-order valence-electron chi connectivity index (χ2n) is 0.492. The molecule has 0 aliphatic rings. The number of aliphatic carboxylic acids is 1. The van der Waals surface area contributed by atoms with Crippen molar-refractivity contribution in [1.29, 1.82) is 0 Å². The molecule has 0 N–H and O–H groups in total. The van der Waals surface area contributed by atoms with Crippen LogP contribution in [-0.2, 0) is 4.79 Å². The van der Waals surface area contributed by atoms with Crippen LogP contribution in [0.3, 0.4) is 0 Å². The van der Waals surface area contributed by atoms with E-state index in [4.69, 9.17) is 9.90 Å². The van der Waals surface area contributed by atoms with Gasteiger partial charge in [-0.05, 0) is 6.92 Å². The molecular formula is C2H4KNaO2. The molecule has 0 spiro atoms. The molecule has 2 nitrogen and oxygen atoms in total. The van der Waals surface area contributed by atoms with Crippen molar-refractivity contribution in [3.63, 3.8) is 0 Å². The zero-order valence-corrected chi connectivity index (χ0v) is 6.44. The second-order valence-corrected chi connectivity index (χ2v) is 0.492. The van der Waals surface area contributed by atoms with E-state index in [2.05, 4.69) is 0 Å². The van der Waals surface area contributed by atoms with Gasteiger partial charge in [-0.2, -0.15) is 0 Å². The van der Waals surface area contributed by atoms with Gasteiger partial charge in [-0.1, -0.05) is 0 Å². The van der Waals surface area contributed by atoms with Crippen molar-refractivity contribution in [3.8, 4) is 0 Å². The van der Waals surface area contributed by atoms with Crippen molar-refractivity contribution in [1.82, 2.24) is 0 Å². The van der Waals surface area contributed by atoms with Gasteiger partial charge < -0.3 is 9.90 Å². The Bertz CT molecular complexity index is 34.5. The van der Waals surface area contributed by atoms with Gasteiger partial charge >= 0.3 is 80.9 Å². The molecule has 0 bridgehead atoms. The Morgan fingerprint density at radius 1 is 1.67 bits per heavy atom. The van der Waals surface area contributed by atoms with Crippen LogP contribution in [0, 0.1) is 0 Å². The van der Waals surface area contributed by atoms with E-state index in [1.165, 1.54) is 0 Å². The number of carboxylic acids is 1. The van der Waals surface area contributed by atoms with Crippen LogP contribution in [0.2, 0.25) is 0 Å². The van der Waals surface area contributed by atoms with Gasteiger partial charge in [0.1, 0.15) is 0 Å². The van der Waals surface area contributed by atoms with E-state index < -0.39 is 5.97 Å². The van der Waals surface area contributed by atoms with Gasteiger partial charge in [-0.3, -0.25) is 0 Å². The minimum atomic E-state index is -1.08. The SMILES string of the molecule is CC(=O)[O-].[K+].[NaH]. The summed E-state index contributed by atoms with van der Waals surface area (Å²) in [5, 5.41) is 8.89. The Morgan fingerprint density at radius 3 is 1.67 bits per heavy atom. The van der Waals surface area contributed by atoms with Crippen LogP contribution in [0.25, 0.3) is 0 Å². The van der Waals surface area contributed by atoms with Gasteiger partial charge in [-0.25, -0.2) is 0 Å². The molecule has 26 valence electrons. The first-order valence-corrected chi connectivity index (χ1v) is 0.908. The molecule has 0 saturated heterocycles. The molecule has 0 saturated carbocycles. The standard InChI is InChI=1S/C2H4O2.K.Na.H/c1-2(3)4;;;/h1H3,(H,3,4);;;/q;+1;;/p-1. The van der Waals surface area contributed by atoms with Crippen LogP contribution in [-0.4, -0.2) is 35.5 Å². The van der Waals surface area contributed by atoms with Gasteiger partial charge in [0, 0.05) is 5.97 Å². The summed E-state index contributed by atoms with van der Waals surface area (Å²) in [5.41, 5.74) is 0. The first kappa shape index (κ1) is 15.7. The molecule has 4 heteroatoms. The second kappa shape index (κ2) is 10.2. The molecule has 0 atom stereocenters. The van der Waals surface area contributed by atoms with E-state index >= 15 is 0 Å². The van der Waals surface area contributed by atoms with Gasteiger partial charge in [0.15, 0.2) is 0 Å².